The number of halogens is 1. The minimum Gasteiger partial charge on any atom is -0.313 e. The Hall–Kier alpha value is -0.530. The van der Waals surface area contributed by atoms with Crippen molar-refractivity contribution in [1.29, 1.82) is 0 Å². The molecule has 76 valence electrons. The Morgan fingerprint density at radius 3 is 2.57 bits per heavy atom. The molecule has 0 aliphatic heterocycles. The first kappa shape index (κ1) is 10.0. The van der Waals surface area contributed by atoms with Crippen LogP contribution in [0.4, 0.5) is 0 Å². The molecule has 1 aromatic rings. The van der Waals surface area contributed by atoms with Gasteiger partial charge in [-0.05, 0) is 56.0 Å². The first-order valence-corrected chi connectivity index (χ1v) is 5.53. The average Bonchev–Trinajstić information content (AvgIpc) is 2.87. The largest absolute Gasteiger partial charge is 0.313 e. The van der Waals surface area contributed by atoms with Gasteiger partial charge in [0.15, 0.2) is 0 Å². The highest BCUT2D eigenvalue weighted by Gasteiger charge is 2.31. The summed E-state index contributed by atoms with van der Waals surface area (Å²) in [6.45, 7) is 2.09. The summed E-state index contributed by atoms with van der Waals surface area (Å²) >= 11 is 6.05. The fraction of sp³-hybridized carbons (Fsp3) is 0.500. The molecule has 1 atom stereocenters. The van der Waals surface area contributed by atoms with Gasteiger partial charge in [-0.2, -0.15) is 0 Å². The minimum absolute atomic E-state index is 0.493. The van der Waals surface area contributed by atoms with E-state index < -0.39 is 0 Å². The summed E-state index contributed by atoms with van der Waals surface area (Å²) in [6, 6.07) is 6.80. The summed E-state index contributed by atoms with van der Waals surface area (Å²) < 4.78 is 0. The standard InChI is InChI=1S/C12H16ClN/c1-8-5-10(7-11(13)6-8)12(14-2)9-3-4-9/h5-7,9,12,14H,3-4H2,1-2H3. The zero-order chi connectivity index (χ0) is 10.1. The minimum atomic E-state index is 0.493. The van der Waals surface area contributed by atoms with Gasteiger partial charge in [-0.3, -0.25) is 0 Å². The summed E-state index contributed by atoms with van der Waals surface area (Å²) in [5.74, 6) is 0.817. The third-order valence-electron chi connectivity index (χ3n) is 2.83. The zero-order valence-corrected chi connectivity index (χ0v) is 9.43. The molecule has 1 nitrogen and oxygen atoms in total. The first-order chi connectivity index (χ1) is 6.70. The van der Waals surface area contributed by atoms with Crippen LogP contribution in [-0.4, -0.2) is 7.05 Å². The van der Waals surface area contributed by atoms with E-state index in [2.05, 4.69) is 24.4 Å². The molecule has 14 heavy (non-hydrogen) atoms. The molecular weight excluding hydrogens is 194 g/mol. The maximum Gasteiger partial charge on any atom is 0.0411 e. The third kappa shape index (κ3) is 2.10. The third-order valence-corrected chi connectivity index (χ3v) is 3.05. The number of aryl methyl sites for hydroxylation is 1. The fourth-order valence-corrected chi connectivity index (χ4v) is 2.35. The van der Waals surface area contributed by atoms with Gasteiger partial charge in [0.05, 0.1) is 0 Å². The predicted octanol–water partition coefficient (Wildman–Crippen LogP) is 3.32. The Bertz CT molecular complexity index is 311. The molecule has 0 heterocycles. The topological polar surface area (TPSA) is 12.0 Å². The Kier molecular flexibility index (Phi) is 2.80. The predicted molar refractivity (Wildman–Crippen MR) is 60.7 cm³/mol. The molecule has 0 saturated heterocycles. The van der Waals surface area contributed by atoms with Gasteiger partial charge in [-0.1, -0.05) is 17.7 Å². The van der Waals surface area contributed by atoms with Crippen molar-refractivity contribution >= 4 is 11.6 Å². The van der Waals surface area contributed by atoms with Crippen molar-refractivity contribution in [3.8, 4) is 0 Å². The van der Waals surface area contributed by atoms with E-state index in [1.54, 1.807) is 0 Å². The first-order valence-electron chi connectivity index (χ1n) is 5.15. The molecule has 1 N–H and O–H groups in total. The van der Waals surface area contributed by atoms with Gasteiger partial charge in [0.2, 0.25) is 0 Å². The van der Waals surface area contributed by atoms with Crippen LogP contribution < -0.4 is 5.32 Å². The fourth-order valence-electron chi connectivity index (χ4n) is 2.05. The van der Waals surface area contributed by atoms with Gasteiger partial charge < -0.3 is 5.32 Å². The normalized spacial score (nSPS) is 18.2. The molecule has 1 fully saturated rings. The van der Waals surface area contributed by atoms with Crippen LogP contribution in [0.1, 0.15) is 30.0 Å². The highest BCUT2D eigenvalue weighted by atomic mass is 35.5. The number of benzene rings is 1. The molecule has 0 radical (unpaired) electrons. The van der Waals surface area contributed by atoms with Crippen LogP contribution in [-0.2, 0) is 0 Å². The highest BCUT2D eigenvalue weighted by molar-refractivity contribution is 6.30. The summed E-state index contributed by atoms with van der Waals surface area (Å²) in [4.78, 5) is 0. The maximum absolute atomic E-state index is 6.05. The van der Waals surface area contributed by atoms with Crippen molar-refractivity contribution in [1.82, 2.24) is 5.32 Å². The zero-order valence-electron chi connectivity index (χ0n) is 8.68. The summed E-state index contributed by atoms with van der Waals surface area (Å²) in [5, 5.41) is 4.22. The van der Waals surface area contributed by atoms with Crippen LogP contribution in [0.3, 0.4) is 0 Å². The van der Waals surface area contributed by atoms with Crippen LogP contribution in [0.25, 0.3) is 0 Å². The lowest BCUT2D eigenvalue weighted by atomic mass is 10.0. The van der Waals surface area contributed by atoms with E-state index in [1.165, 1.54) is 24.0 Å². The SMILES string of the molecule is CNC(c1cc(C)cc(Cl)c1)C1CC1. The quantitative estimate of drug-likeness (QED) is 0.806. The van der Waals surface area contributed by atoms with Crippen molar-refractivity contribution in [2.24, 2.45) is 5.92 Å². The molecule has 0 aromatic heterocycles. The highest BCUT2D eigenvalue weighted by Crippen LogP contribution is 2.41. The van der Waals surface area contributed by atoms with E-state index in [0.717, 1.165) is 10.9 Å². The van der Waals surface area contributed by atoms with Gasteiger partial charge >= 0.3 is 0 Å². The van der Waals surface area contributed by atoms with Crippen molar-refractivity contribution in [3.05, 3.63) is 34.3 Å². The van der Waals surface area contributed by atoms with Crippen LogP contribution >= 0.6 is 11.6 Å². The molecule has 2 rings (SSSR count). The van der Waals surface area contributed by atoms with E-state index in [0.29, 0.717) is 6.04 Å². The molecular formula is C12H16ClN. The number of rotatable bonds is 3. The number of hydrogen-bond acceptors (Lipinski definition) is 1. The van der Waals surface area contributed by atoms with E-state index >= 15 is 0 Å². The lowest BCUT2D eigenvalue weighted by Gasteiger charge is -2.16. The van der Waals surface area contributed by atoms with Crippen LogP contribution in [0.2, 0.25) is 5.02 Å². The Morgan fingerprint density at radius 1 is 1.36 bits per heavy atom. The number of hydrogen-bond donors (Lipinski definition) is 1. The van der Waals surface area contributed by atoms with Crippen molar-refractivity contribution in [3.63, 3.8) is 0 Å². The van der Waals surface area contributed by atoms with Crippen LogP contribution in [0.5, 0.6) is 0 Å². The van der Waals surface area contributed by atoms with Gasteiger partial charge in [-0.15, -0.1) is 0 Å². The van der Waals surface area contributed by atoms with E-state index in [9.17, 15) is 0 Å². The van der Waals surface area contributed by atoms with Gasteiger partial charge in [-0.25, -0.2) is 0 Å². The van der Waals surface area contributed by atoms with Crippen LogP contribution in [0.15, 0.2) is 18.2 Å². The van der Waals surface area contributed by atoms with Crippen molar-refractivity contribution in [2.45, 2.75) is 25.8 Å². The molecule has 2 heteroatoms. The van der Waals surface area contributed by atoms with Crippen LogP contribution in [0, 0.1) is 12.8 Å². The second-order valence-corrected chi connectivity index (χ2v) is 4.60. The van der Waals surface area contributed by atoms with Gasteiger partial charge in [0.25, 0.3) is 0 Å². The number of nitrogens with one attached hydrogen (secondary N) is 1. The van der Waals surface area contributed by atoms with Gasteiger partial charge in [0, 0.05) is 11.1 Å². The maximum atomic E-state index is 6.05. The average molecular weight is 210 g/mol. The lowest BCUT2D eigenvalue weighted by molar-refractivity contribution is 0.528. The summed E-state index contributed by atoms with van der Waals surface area (Å²) in [5.41, 5.74) is 2.58. The molecule has 1 aromatic carbocycles. The van der Waals surface area contributed by atoms with Crippen molar-refractivity contribution < 1.29 is 0 Å². The molecule has 1 aliphatic carbocycles. The molecule has 0 amide bonds. The summed E-state index contributed by atoms with van der Waals surface area (Å²) in [6.07, 6.45) is 2.69. The van der Waals surface area contributed by atoms with E-state index in [-0.39, 0.29) is 0 Å². The monoisotopic (exact) mass is 209 g/mol. The second-order valence-electron chi connectivity index (χ2n) is 4.17. The molecule has 0 bridgehead atoms. The summed E-state index contributed by atoms with van der Waals surface area (Å²) in [7, 11) is 2.03. The molecule has 1 saturated carbocycles. The van der Waals surface area contributed by atoms with E-state index in [1.807, 2.05) is 13.1 Å². The smallest absolute Gasteiger partial charge is 0.0411 e. The Balaban J connectivity index is 2.28. The lowest BCUT2D eigenvalue weighted by Crippen LogP contribution is -2.18. The Labute approximate surface area is 90.5 Å². The van der Waals surface area contributed by atoms with Gasteiger partial charge in [0.1, 0.15) is 0 Å². The van der Waals surface area contributed by atoms with E-state index in [4.69, 9.17) is 11.6 Å². The second kappa shape index (κ2) is 3.92. The molecule has 1 unspecified atom stereocenters. The molecule has 0 spiro atoms. The molecule has 1 aliphatic rings. The Morgan fingerprint density at radius 2 is 2.07 bits per heavy atom. The van der Waals surface area contributed by atoms with Crippen molar-refractivity contribution in [2.75, 3.05) is 7.05 Å².